The number of aliphatic hydroxyl groups excluding tert-OH is 1. The number of benzene rings is 2. The summed E-state index contributed by atoms with van der Waals surface area (Å²) in [5.74, 6) is -0.470. The molecule has 226 valence electrons. The molecule has 1 saturated carbocycles. The number of aromatic nitrogens is 1. The van der Waals surface area contributed by atoms with Crippen molar-refractivity contribution in [1.82, 2.24) is 15.2 Å². The summed E-state index contributed by atoms with van der Waals surface area (Å²) >= 11 is 6.48. The van der Waals surface area contributed by atoms with Crippen LogP contribution in [-0.4, -0.2) is 72.9 Å². The highest BCUT2D eigenvalue weighted by atomic mass is 35.5. The van der Waals surface area contributed by atoms with Crippen molar-refractivity contribution in [3.05, 3.63) is 70.9 Å². The molecule has 0 aliphatic heterocycles. The Morgan fingerprint density at radius 1 is 1.10 bits per heavy atom. The molecular weight excluding hydrogens is 577 g/mol. The molecule has 1 fully saturated rings. The lowest BCUT2D eigenvalue weighted by Gasteiger charge is -2.36. The number of aliphatic hydroxyl groups is 1. The third-order valence-corrected chi connectivity index (χ3v) is 7.82. The number of carbonyl (C=O) groups is 2. The molecule has 0 unspecified atom stereocenters. The van der Waals surface area contributed by atoms with Gasteiger partial charge < -0.3 is 24.8 Å². The summed E-state index contributed by atoms with van der Waals surface area (Å²) in [7, 11) is 5.33. The van der Waals surface area contributed by atoms with Gasteiger partial charge in [0.15, 0.2) is 0 Å². The predicted molar refractivity (Wildman–Crippen MR) is 167 cm³/mol. The van der Waals surface area contributed by atoms with Crippen LogP contribution < -0.4 is 10.1 Å². The lowest BCUT2D eigenvalue weighted by atomic mass is 9.80. The second kappa shape index (κ2) is 14.8. The van der Waals surface area contributed by atoms with Crippen LogP contribution in [0.2, 0.25) is 5.02 Å². The molecule has 3 aromatic rings. The Balaban J connectivity index is 0.00000484. The van der Waals surface area contributed by atoms with Crippen LogP contribution in [0.4, 0.5) is 0 Å². The quantitative estimate of drug-likeness (QED) is 0.223. The SMILES string of the molecule is COC(=O)[C@]1(NC(=O)c2ccc(-c3ccccc3C)c(-c3ccc(Cl)c(OCCCN(C)C)c3)n2)CC[C@H](O)CC1.Cl. The van der Waals surface area contributed by atoms with E-state index in [4.69, 9.17) is 26.1 Å². The Labute approximate surface area is 258 Å². The van der Waals surface area contributed by atoms with E-state index in [9.17, 15) is 14.7 Å². The van der Waals surface area contributed by atoms with Crippen LogP contribution in [0.15, 0.2) is 54.6 Å². The first kappa shape index (κ1) is 33.3. The number of hydrogen-bond donors (Lipinski definition) is 2. The van der Waals surface area contributed by atoms with Crippen molar-refractivity contribution in [2.45, 2.75) is 50.7 Å². The average molecular weight is 617 g/mol. The van der Waals surface area contributed by atoms with Gasteiger partial charge in [-0.25, -0.2) is 9.78 Å². The fraction of sp³-hybridized carbons (Fsp3) is 0.406. The highest BCUT2D eigenvalue weighted by molar-refractivity contribution is 6.32. The number of pyridine rings is 1. The molecule has 1 amide bonds. The summed E-state index contributed by atoms with van der Waals surface area (Å²) in [5, 5.41) is 13.4. The van der Waals surface area contributed by atoms with Gasteiger partial charge in [-0.1, -0.05) is 41.9 Å². The number of amides is 1. The van der Waals surface area contributed by atoms with Crippen molar-refractivity contribution in [3.8, 4) is 28.1 Å². The minimum absolute atomic E-state index is 0. The Hall–Kier alpha value is -3.17. The standard InChI is InChI=1S/C32H38ClN3O5.ClH/c1-21-8-5-6-9-24(21)25-11-13-27(30(38)35-32(31(39)40-4)16-14-23(37)15-17-32)34-29(25)22-10-12-26(33)28(20-22)41-19-7-18-36(2)3;/h5-6,8-13,20,23,37H,7,14-19H2,1-4H3,(H,35,38);1H/t23-,32-;. The number of ether oxygens (including phenoxy) is 2. The normalized spacial score (nSPS) is 18.2. The molecule has 1 aliphatic rings. The van der Waals surface area contributed by atoms with E-state index < -0.39 is 23.5 Å². The summed E-state index contributed by atoms with van der Waals surface area (Å²) in [4.78, 5) is 33.3. The van der Waals surface area contributed by atoms with Gasteiger partial charge in [0.25, 0.3) is 5.91 Å². The zero-order valence-corrected chi connectivity index (χ0v) is 26.1. The highest BCUT2D eigenvalue weighted by Crippen LogP contribution is 2.37. The number of halogens is 2. The van der Waals surface area contributed by atoms with Gasteiger partial charge in [0.2, 0.25) is 0 Å². The monoisotopic (exact) mass is 615 g/mol. The molecule has 0 atom stereocenters. The maximum atomic E-state index is 13.6. The van der Waals surface area contributed by atoms with Gasteiger partial charge in [-0.05, 0) is 88.5 Å². The Bertz CT molecular complexity index is 1390. The number of rotatable bonds is 10. The first-order valence-electron chi connectivity index (χ1n) is 13.9. The largest absolute Gasteiger partial charge is 0.492 e. The zero-order valence-electron chi connectivity index (χ0n) is 24.5. The molecule has 0 radical (unpaired) electrons. The van der Waals surface area contributed by atoms with Crippen molar-refractivity contribution in [2.75, 3.05) is 34.4 Å². The minimum Gasteiger partial charge on any atom is -0.492 e. The first-order chi connectivity index (χ1) is 19.6. The smallest absolute Gasteiger partial charge is 0.331 e. The molecule has 1 heterocycles. The highest BCUT2D eigenvalue weighted by Gasteiger charge is 2.44. The van der Waals surface area contributed by atoms with Gasteiger partial charge in [0.05, 0.1) is 30.5 Å². The fourth-order valence-electron chi connectivity index (χ4n) is 5.17. The van der Waals surface area contributed by atoms with E-state index >= 15 is 0 Å². The molecule has 0 bridgehead atoms. The Morgan fingerprint density at radius 2 is 1.81 bits per heavy atom. The summed E-state index contributed by atoms with van der Waals surface area (Å²) < 4.78 is 11.1. The molecule has 0 saturated heterocycles. The van der Waals surface area contributed by atoms with E-state index in [2.05, 4.69) is 10.2 Å². The number of aryl methyl sites for hydroxylation is 1. The van der Waals surface area contributed by atoms with Crippen LogP contribution in [-0.2, 0) is 9.53 Å². The van der Waals surface area contributed by atoms with Gasteiger partial charge in [-0.2, -0.15) is 0 Å². The maximum absolute atomic E-state index is 13.6. The molecular formula is C32H39Cl2N3O5. The van der Waals surface area contributed by atoms with Crippen molar-refractivity contribution in [1.29, 1.82) is 0 Å². The molecule has 2 N–H and O–H groups in total. The third-order valence-electron chi connectivity index (χ3n) is 7.51. The van der Waals surface area contributed by atoms with Crippen molar-refractivity contribution < 1.29 is 24.2 Å². The van der Waals surface area contributed by atoms with Gasteiger partial charge in [-0.3, -0.25) is 4.79 Å². The summed E-state index contributed by atoms with van der Waals surface area (Å²) in [5.41, 5.74) is 3.18. The summed E-state index contributed by atoms with van der Waals surface area (Å²) in [6.45, 7) is 3.42. The van der Waals surface area contributed by atoms with E-state index in [0.29, 0.717) is 35.9 Å². The first-order valence-corrected chi connectivity index (χ1v) is 14.2. The molecule has 1 aliphatic carbocycles. The number of esters is 1. The summed E-state index contributed by atoms with van der Waals surface area (Å²) in [6.07, 6.45) is 1.69. The zero-order chi connectivity index (χ0) is 29.6. The molecule has 1 aromatic heterocycles. The molecule has 2 aromatic carbocycles. The molecule has 8 nitrogen and oxygen atoms in total. The lowest BCUT2D eigenvalue weighted by Crippen LogP contribution is -2.57. The molecule has 42 heavy (non-hydrogen) atoms. The van der Waals surface area contributed by atoms with Gasteiger partial charge >= 0.3 is 5.97 Å². The van der Waals surface area contributed by atoms with E-state index in [1.54, 1.807) is 12.1 Å². The van der Waals surface area contributed by atoms with Crippen LogP contribution in [0.5, 0.6) is 5.75 Å². The van der Waals surface area contributed by atoms with Crippen molar-refractivity contribution in [3.63, 3.8) is 0 Å². The molecule has 10 heteroatoms. The Kier molecular flexibility index (Phi) is 11.8. The average Bonchev–Trinajstić information content (AvgIpc) is 2.97. The molecule has 4 rings (SSSR count). The van der Waals surface area contributed by atoms with Crippen LogP contribution in [0, 0.1) is 6.92 Å². The van der Waals surface area contributed by atoms with Crippen molar-refractivity contribution in [2.24, 2.45) is 0 Å². The lowest BCUT2D eigenvalue weighted by molar-refractivity contribution is -0.150. The fourth-order valence-corrected chi connectivity index (χ4v) is 5.35. The number of nitrogens with one attached hydrogen (secondary N) is 1. The van der Waals surface area contributed by atoms with E-state index in [1.165, 1.54) is 7.11 Å². The van der Waals surface area contributed by atoms with E-state index in [0.717, 1.165) is 35.2 Å². The Morgan fingerprint density at radius 3 is 2.48 bits per heavy atom. The number of hydrogen-bond acceptors (Lipinski definition) is 7. The van der Waals surface area contributed by atoms with E-state index in [1.807, 2.05) is 63.5 Å². The van der Waals surface area contributed by atoms with Crippen molar-refractivity contribution >= 4 is 35.9 Å². The van der Waals surface area contributed by atoms with Crippen LogP contribution in [0.25, 0.3) is 22.4 Å². The van der Waals surface area contributed by atoms with E-state index in [-0.39, 0.29) is 30.9 Å². The second-order valence-electron chi connectivity index (χ2n) is 10.8. The van der Waals surface area contributed by atoms with Gasteiger partial charge in [0.1, 0.15) is 17.0 Å². The predicted octanol–water partition coefficient (Wildman–Crippen LogP) is 5.71. The number of nitrogens with zero attached hydrogens (tertiary/aromatic N) is 2. The number of methoxy groups -OCH3 is 1. The summed E-state index contributed by atoms with van der Waals surface area (Å²) in [6, 6.07) is 17.0. The number of carbonyl (C=O) groups excluding carboxylic acids is 2. The van der Waals surface area contributed by atoms with Gasteiger partial charge in [0, 0.05) is 17.7 Å². The van der Waals surface area contributed by atoms with Crippen LogP contribution >= 0.6 is 24.0 Å². The topological polar surface area (TPSA) is 101 Å². The maximum Gasteiger partial charge on any atom is 0.331 e. The van der Waals surface area contributed by atoms with Crippen LogP contribution in [0.1, 0.15) is 48.2 Å². The third kappa shape index (κ3) is 7.81. The molecule has 0 spiro atoms. The minimum atomic E-state index is -1.21. The van der Waals surface area contributed by atoms with Crippen LogP contribution in [0.3, 0.4) is 0 Å². The second-order valence-corrected chi connectivity index (χ2v) is 11.2. The van der Waals surface area contributed by atoms with Gasteiger partial charge in [-0.15, -0.1) is 12.4 Å².